The molecule has 5 nitrogen and oxygen atoms in total. The first kappa shape index (κ1) is 15.2. The Kier molecular flexibility index (Phi) is 5.63. The van der Waals surface area contributed by atoms with Crippen LogP contribution in [0, 0.1) is 0 Å². The molecule has 0 aliphatic carbocycles. The molecular weight excluding hydrogens is 278 g/mol. The Labute approximate surface area is 128 Å². The Morgan fingerprint density at radius 3 is 2.18 bits per heavy atom. The van der Waals surface area contributed by atoms with E-state index in [1.165, 1.54) is 6.21 Å². The average Bonchev–Trinajstić information content (AvgIpc) is 2.56. The van der Waals surface area contributed by atoms with Gasteiger partial charge in [0, 0.05) is 11.9 Å². The third-order valence-corrected chi connectivity index (χ3v) is 2.65. The fraction of sp³-hybridized carbons (Fsp3) is 0. The van der Waals surface area contributed by atoms with Crippen LogP contribution in [0.3, 0.4) is 0 Å². The van der Waals surface area contributed by atoms with Crippen LogP contribution >= 0.6 is 0 Å². The highest BCUT2D eigenvalue weighted by Crippen LogP contribution is 2.04. The minimum absolute atomic E-state index is 0.551. The second-order valence-corrected chi connectivity index (χ2v) is 4.31. The number of hydrogen-bond acceptors (Lipinski definition) is 3. The molecule has 2 aromatic carbocycles. The summed E-state index contributed by atoms with van der Waals surface area (Å²) < 4.78 is 0. The van der Waals surface area contributed by atoms with Crippen LogP contribution in [0.25, 0.3) is 6.08 Å². The number of benzene rings is 2. The number of amides is 2. The summed E-state index contributed by atoms with van der Waals surface area (Å²) in [5.41, 5.74) is 3.72. The molecule has 2 amide bonds. The van der Waals surface area contributed by atoms with Crippen molar-refractivity contribution in [2.24, 2.45) is 5.10 Å². The van der Waals surface area contributed by atoms with Gasteiger partial charge in [-0.05, 0) is 23.8 Å². The predicted octanol–water partition coefficient (Wildman–Crippen LogP) is 2.44. The highest BCUT2D eigenvalue weighted by molar-refractivity contribution is 6.39. The highest BCUT2D eigenvalue weighted by atomic mass is 16.2. The van der Waals surface area contributed by atoms with Gasteiger partial charge in [-0.15, -0.1) is 0 Å². The number of hydrogen-bond donors (Lipinski definition) is 2. The number of carbonyl (C=O) groups excluding carboxylic acids is 2. The Balaban J connectivity index is 1.78. The van der Waals surface area contributed by atoms with Crippen molar-refractivity contribution in [2.75, 3.05) is 5.32 Å². The molecule has 0 saturated heterocycles. The van der Waals surface area contributed by atoms with E-state index in [1.807, 2.05) is 42.5 Å². The Morgan fingerprint density at radius 2 is 1.50 bits per heavy atom. The van der Waals surface area contributed by atoms with Crippen LogP contribution in [0.4, 0.5) is 5.69 Å². The van der Waals surface area contributed by atoms with Crippen molar-refractivity contribution in [1.29, 1.82) is 0 Å². The van der Waals surface area contributed by atoms with E-state index in [0.29, 0.717) is 5.69 Å². The molecule has 5 heteroatoms. The van der Waals surface area contributed by atoms with Crippen LogP contribution in [0.15, 0.2) is 71.8 Å². The van der Waals surface area contributed by atoms with Gasteiger partial charge in [0.05, 0.1) is 0 Å². The molecular formula is C17H15N3O2. The zero-order valence-electron chi connectivity index (χ0n) is 11.8. The summed E-state index contributed by atoms with van der Waals surface area (Å²) >= 11 is 0. The summed E-state index contributed by atoms with van der Waals surface area (Å²) in [4.78, 5) is 23.1. The molecule has 0 heterocycles. The van der Waals surface area contributed by atoms with E-state index in [-0.39, 0.29) is 0 Å². The van der Waals surface area contributed by atoms with Crippen molar-refractivity contribution < 1.29 is 9.59 Å². The Bertz CT molecular complexity index is 680. The molecule has 0 unspecified atom stereocenters. The second-order valence-electron chi connectivity index (χ2n) is 4.31. The number of nitrogens with one attached hydrogen (secondary N) is 2. The summed E-state index contributed by atoms with van der Waals surface area (Å²) in [7, 11) is 0. The topological polar surface area (TPSA) is 70.6 Å². The van der Waals surface area contributed by atoms with Gasteiger partial charge in [-0.25, -0.2) is 5.43 Å². The van der Waals surface area contributed by atoms with Crippen LogP contribution in [0.1, 0.15) is 5.56 Å². The summed E-state index contributed by atoms with van der Waals surface area (Å²) in [6.07, 6.45) is 4.91. The first-order valence-corrected chi connectivity index (χ1v) is 6.67. The predicted molar refractivity (Wildman–Crippen MR) is 87.2 cm³/mol. The molecule has 22 heavy (non-hydrogen) atoms. The molecule has 0 fully saturated rings. The molecule has 0 aliphatic rings. The number of rotatable bonds is 4. The van der Waals surface area contributed by atoms with E-state index in [4.69, 9.17) is 0 Å². The van der Waals surface area contributed by atoms with Crippen LogP contribution < -0.4 is 10.7 Å². The van der Waals surface area contributed by atoms with Crippen molar-refractivity contribution in [2.45, 2.75) is 0 Å². The molecule has 110 valence electrons. The number of carbonyl (C=O) groups is 2. The normalized spacial score (nSPS) is 10.7. The lowest BCUT2D eigenvalue weighted by Crippen LogP contribution is -2.32. The minimum Gasteiger partial charge on any atom is -0.318 e. The zero-order chi connectivity index (χ0) is 15.6. The average molecular weight is 293 g/mol. The highest BCUT2D eigenvalue weighted by Gasteiger charge is 2.11. The number of para-hydroxylation sites is 1. The summed E-state index contributed by atoms with van der Waals surface area (Å²) in [6.45, 7) is 0. The van der Waals surface area contributed by atoms with Crippen LogP contribution in [0.2, 0.25) is 0 Å². The van der Waals surface area contributed by atoms with Crippen molar-refractivity contribution >= 4 is 29.8 Å². The summed E-state index contributed by atoms with van der Waals surface area (Å²) in [6, 6.07) is 18.4. The third-order valence-electron chi connectivity index (χ3n) is 2.65. The van der Waals surface area contributed by atoms with Gasteiger partial charge in [-0.3, -0.25) is 9.59 Å². The van der Waals surface area contributed by atoms with Gasteiger partial charge in [0.2, 0.25) is 0 Å². The molecule has 0 bridgehead atoms. The van der Waals surface area contributed by atoms with Crippen molar-refractivity contribution in [3.63, 3.8) is 0 Å². The zero-order valence-corrected chi connectivity index (χ0v) is 11.8. The molecule has 2 rings (SSSR count). The Hall–Kier alpha value is -3.21. The molecule has 0 saturated carbocycles. The fourth-order valence-corrected chi connectivity index (χ4v) is 1.62. The van der Waals surface area contributed by atoms with Gasteiger partial charge in [0.1, 0.15) is 0 Å². The maximum atomic E-state index is 11.6. The van der Waals surface area contributed by atoms with E-state index in [0.717, 1.165) is 5.56 Å². The van der Waals surface area contributed by atoms with Crippen molar-refractivity contribution in [3.8, 4) is 0 Å². The first-order chi connectivity index (χ1) is 10.8. The van der Waals surface area contributed by atoms with Gasteiger partial charge in [0.15, 0.2) is 0 Å². The van der Waals surface area contributed by atoms with Crippen LogP contribution in [-0.2, 0) is 9.59 Å². The number of hydrazone groups is 1. The van der Waals surface area contributed by atoms with Gasteiger partial charge in [0.25, 0.3) is 0 Å². The van der Waals surface area contributed by atoms with E-state index in [2.05, 4.69) is 15.8 Å². The third kappa shape index (κ3) is 5.05. The Morgan fingerprint density at radius 1 is 0.864 bits per heavy atom. The lowest BCUT2D eigenvalue weighted by atomic mass is 10.2. The maximum Gasteiger partial charge on any atom is 0.329 e. The van der Waals surface area contributed by atoms with Crippen LogP contribution in [-0.4, -0.2) is 18.0 Å². The maximum absolute atomic E-state index is 11.6. The first-order valence-electron chi connectivity index (χ1n) is 6.67. The standard InChI is InChI=1S/C17H15N3O2/c21-16(19-15-11-5-2-6-12-15)17(22)20-18-13-7-10-14-8-3-1-4-9-14/h1-13H,(H,19,21)(H,20,22)/b10-7+,18-13+. The largest absolute Gasteiger partial charge is 0.329 e. The lowest BCUT2D eigenvalue weighted by molar-refractivity contribution is -0.136. The number of allylic oxidation sites excluding steroid dienone is 1. The molecule has 0 radical (unpaired) electrons. The SMILES string of the molecule is O=C(N/N=C/C=C/c1ccccc1)C(=O)Nc1ccccc1. The molecule has 0 aliphatic heterocycles. The van der Waals surface area contributed by atoms with Crippen LogP contribution in [0.5, 0.6) is 0 Å². The van der Waals surface area contributed by atoms with Crippen molar-refractivity contribution in [3.05, 3.63) is 72.3 Å². The quantitative estimate of drug-likeness (QED) is 0.516. The molecule has 0 spiro atoms. The van der Waals surface area contributed by atoms with Crippen molar-refractivity contribution in [1.82, 2.24) is 5.43 Å². The molecule has 0 atom stereocenters. The number of nitrogens with zero attached hydrogens (tertiary/aromatic N) is 1. The van der Waals surface area contributed by atoms with E-state index in [9.17, 15) is 9.59 Å². The number of anilines is 1. The second kappa shape index (κ2) is 8.16. The smallest absolute Gasteiger partial charge is 0.318 e. The van der Waals surface area contributed by atoms with E-state index < -0.39 is 11.8 Å². The van der Waals surface area contributed by atoms with Gasteiger partial charge in [-0.1, -0.05) is 54.6 Å². The van der Waals surface area contributed by atoms with Gasteiger partial charge < -0.3 is 5.32 Å². The molecule has 2 aromatic rings. The van der Waals surface area contributed by atoms with E-state index >= 15 is 0 Å². The van der Waals surface area contributed by atoms with Gasteiger partial charge in [-0.2, -0.15) is 5.10 Å². The minimum atomic E-state index is -0.826. The fourth-order valence-electron chi connectivity index (χ4n) is 1.62. The van der Waals surface area contributed by atoms with Gasteiger partial charge >= 0.3 is 11.8 Å². The lowest BCUT2D eigenvalue weighted by Gasteiger charge is -2.02. The summed E-state index contributed by atoms with van der Waals surface area (Å²) in [5.74, 6) is -1.59. The summed E-state index contributed by atoms with van der Waals surface area (Å²) in [5, 5.41) is 6.14. The monoisotopic (exact) mass is 293 g/mol. The molecule has 0 aromatic heterocycles. The molecule has 2 N–H and O–H groups in total. The van der Waals surface area contributed by atoms with E-state index in [1.54, 1.807) is 30.3 Å².